The molecule has 1 aromatic carbocycles. The topological polar surface area (TPSA) is 56.1 Å². The molecule has 24 heavy (non-hydrogen) atoms. The molecule has 1 amide bonds. The number of aromatic nitrogens is 2. The number of hydrogen-bond acceptors (Lipinski definition) is 3. The largest absolute Gasteiger partial charge is 0.496 e. The Labute approximate surface area is 143 Å². The van der Waals surface area contributed by atoms with E-state index in [4.69, 9.17) is 4.74 Å². The first-order valence-electron chi connectivity index (χ1n) is 8.32. The van der Waals surface area contributed by atoms with Crippen molar-refractivity contribution >= 4 is 11.7 Å². The predicted molar refractivity (Wildman–Crippen MR) is 94.4 cm³/mol. The van der Waals surface area contributed by atoms with E-state index in [2.05, 4.69) is 31.2 Å². The molecule has 1 aliphatic carbocycles. The smallest absolute Gasteiger partial charge is 0.229 e. The van der Waals surface area contributed by atoms with Gasteiger partial charge in [-0.15, -0.1) is 0 Å². The van der Waals surface area contributed by atoms with Crippen molar-refractivity contribution in [1.29, 1.82) is 0 Å². The van der Waals surface area contributed by atoms with E-state index in [0.717, 1.165) is 29.2 Å². The highest BCUT2D eigenvalue weighted by atomic mass is 16.5. The number of carbonyl (C=O) groups is 1. The molecule has 2 aromatic rings. The maximum Gasteiger partial charge on any atom is 0.229 e. The Morgan fingerprint density at radius 1 is 1.33 bits per heavy atom. The van der Waals surface area contributed by atoms with Gasteiger partial charge in [-0.1, -0.05) is 18.2 Å². The van der Waals surface area contributed by atoms with Crippen molar-refractivity contribution in [2.45, 2.75) is 45.6 Å². The van der Waals surface area contributed by atoms with Gasteiger partial charge in [0.25, 0.3) is 0 Å². The third-order valence-corrected chi connectivity index (χ3v) is 4.38. The number of nitrogens with one attached hydrogen (secondary N) is 1. The normalized spacial score (nSPS) is 19.9. The fraction of sp³-hybridized carbons (Fsp3) is 0.474. The molecule has 2 atom stereocenters. The van der Waals surface area contributed by atoms with Crippen molar-refractivity contribution in [1.82, 2.24) is 9.78 Å². The second kappa shape index (κ2) is 5.96. The molecule has 1 saturated carbocycles. The van der Waals surface area contributed by atoms with Crippen molar-refractivity contribution in [2.75, 3.05) is 12.4 Å². The van der Waals surface area contributed by atoms with Crippen LogP contribution in [0.4, 0.5) is 5.82 Å². The van der Waals surface area contributed by atoms with Gasteiger partial charge in [-0.3, -0.25) is 4.79 Å². The van der Waals surface area contributed by atoms with Gasteiger partial charge in [0.2, 0.25) is 5.91 Å². The van der Waals surface area contributed by atoms with Gasteiger partial charge in [-0.05, 0) is 51.7 Å². The highest BCUT2D eigenvalue weighted by Crippen LogP contribution is 2.50. The number of carbonyl (C=O) groups excluding carboxylic acids is 1. The molecule has 3 rings (SSSR count). The third-order valence-electron chi connectivity index (χ3n) is 4.38. The van der Waals surface area contributed by atoms with E-state index in [9.17, 15) is 4.79 Å². The number of ether oxygens (including phenoxy) is 1. The SMILES string of the molecule is COc1ccccc1[C@H]1C[C@H]1C(=O)Nc1cc(C)nn1C(C)(C)C. The van der Waals surface area contributed by atoms with Crippen LogP contribution >= 0.6 is 0 Å². The summed E-state index contributed by atoms with van der Waals surface area (Å²) in [6.07, 6.45) is 0.856. The molecule has 5 nitrogen and oxygen atoms in total. The summed E-state index contributed by atoms with van der Waals surface area (Å²) in [5.74, 6) is 1.89. The number of anilines is 1. The zero-order valence-electron chi connectivity index (χ0n) is 15.0. The number of aryl methyl sites for hydroxylation is 1. The summed E-state index contributed by atoms with van der Waals surface area (Å²) in [6.45, 7) is 8.16. The Balaban J connectivity index is 1.74. The average molecular weight is 327 g/mol. The quantitative estimate of drug-likeness (QED) is 0.931. The van der Waals surface area contributed by atoms with Gasteiger partial charge >= 0.3 is 0 Å². The van der Waals surface area contributed by atoms with Crippen LogP contribution in [0, 0.1) is 12.8 Å². The summed E-state index contributed by atoms with van der Waals surface area (Å²) < 4.78 is 7.29. The lowest BCUT2D eigenvalue weighted by atomic mass is 10.1. The molecule has 1 heterocycles. The van der Waals surface area contributed by atoms with E-state index in [1.54, 1.807) is 7.11 Å². The second-order valence-electron chi connectivity index (χ2n) is 7.43. The lowest BCUT2D eigenvalue weighted by Crippen LogP contribution is -2.27. The van der Waals surface area contributed by atoms with Crippen LogP contribution in [0.15, 0.2) is 30.3 Å². The van der Waals surface area contributed by atoms with Gasteiger partial charge in [0.05, 0.1) is 18.3 Å². The summed E-state index contributed by atoms with van der Waals surface area (Å²) in [5.41, 5.74) is 1.83. The Morgan fingerprint density at radius 2 is 2.04 bits per heavy atom. The standard InChI is InChI=1S/C19H25N3O2/c1-12-10-17(22(21-12)19(2,3)4)20-18(23)15-11-14(15)13-8-6-7-9-16(13)24-5/h6-10,14-15H,11H2,1-5H3,(H,20,23)/t14-,15-/m1/s1. The van der Waals surface area contributed by atoms with Crippen molar-refractivity contribution in [3.8, 4) is 5.75 Å². The molecule has 0 saturated heterocycles. The van der Waals surface area contributed by atoms with Gasteiger partial charge in [-0.2, -0.15) is 5.10 Å². The van der Waals surface area contributed by atoms with E-state index in [1.807, 2.05) is 41.9 Å². The van der Waals surface area contributed by atoms with Crippen molar-refractivity contribution in [3.63, 3.8) is 0 Å². The van der Waals surface area contributed by atoms with Gasteiger partial charge in [0.15, 0.2) is 0 Å². The van der Waals surface area contributed by atoms with Gasteiger partial charge in [0, 0.05) is 12.0 Å². The van der Waals surface area contributed by atoms with Crippen molar-refractivity contribution in [2.24, 2.45) is 5.92 Å². The number of para-hydroxylation sites is 1. The van der Waals surface area contributed by atoms with Crippen LogP contribution in [-0.2, 0) is 10.3 Å². The van der Waals surface area contributed by atoms with Gasteiger partial charge in [-0.25, -0.2) is 4.68 Å². The van der Waals surface area contributed by atoms with E-state index in [-0.39, 0.29) is 23.3 Å². The number of rotatable bonds is 4. The van der Waals surface area contributed by atoms with Crippen molar-refractivity contribution < 1.29 is 9.53 Å². The van der Waals surface area contributed by atoms with Gasteiger partial charge in [0.1, 0.15) is 11.6 Å². The van der Waals surface area contributed by atoms with E-state index in [0.29, 0.717) is 0 Å². The van der Waals surface area contributed by atoms with Gasteiger partial charge < -0.3 is 10.1 Å². The summed E-state index contributed by atoms with van der Waals surface area (Å²) in [4.78, 5) is 12.7. The highest BCUT2D eigenvalue weighted by Gasteiger charge is 2.45. The minimum Gasteiger partial charge on any atom is -0.496 e. The molecule has 5 heteroatoms. The average Bonchev–Trinajstić information content (AvgIpc) is 3.23. The van der Waals surface area contributed by atoms with E-state index < -0.39 is 0 Å². The van der Waals surface area contributed by atoms with Crippen LogP contribution in [0.5, 0.6) is 5.75 Å². The van der Waals surface area contributed by atoms with Crippen LogP contribution in [0.3, 0.4) is 0 Å². The Kier molecular flexibility index (Phi) is 4.11. The fourth-order valence-corrected chi connectivity index (χ4v) is 3.12. The van der Waals surface area contributed by atoms with Crippen LogP contribution in [0.1, 0.15) is 44.4 Å². The molecule has 0 spiro atoms. The molecule has 0 unspecified atom stereocenters. The summed E-state index contributed by atoms with van der Waals surface area (Å²) in [6, 6.07) is 9.85. The zero-order valence-corrected chi connectivity index (χ0v) is 15.0. The lowest BCUT2D eigenvalue weighted by Gasteiger charge is -2.22. The number of hydrogen-bond donors (Lipinski definition) is 1. The predicted octanol–water partition coefficient (Wildman–Crippen LogP) is 3.70. The number of methoxy groups -OCH3 is 1. The molecular weight excluding hydrogens is 302 g/mol. The Hall–Kier alpha value is -2.30. The molecule has 0 bridgehead atoms. The molecule has 128 valence electrons. The summed E-state index contributed by atoms with van der Waals surface area (Å²) in [5, 5.41) is 7.56. The molecule has 1 fully saturated rings. The summed E-state index contributed by atoms with van der Waals surface area (Å²) in [7, 11) is 1.67. The zero-order chi connectivity index (χ0) is 17.5. The first kappa shape index (κ1) is 16.6. The molecule has 0 radical (unpaired) electrons. The van der Waals surface area contributed by atoms with Crippen LogP contribution < -0.4 is 10.1 Å². The number of nitrogens with zero attached hydrogens (tertiary/aromatic N) is 2. The molecule has 1 aromatic heterocycles. The monoisotopic (exact) mass is 327 g/mol. The highest BCUT2D eigenvalue weighted by molar-refractivity contribution is 5.94. The molecular formula is C19H25N3O2. The first-order chi connectivity index (χ1) is 11.3. The summed E-state index contributed by atoms with van der Waals surface area (Å²) >= 11 is 0. The second-order valence-corrected chi connectivity index (χ2v) is 7.43. The molecule has 1 aliphatic rings. The van der Waals surface area contributed by atoms with Crippen LogP contribution in [0.25, 0.3) is 0 Å². The minimum absolute atomic E-state index is 0.00933. The van der Waals surface area contributed by atoms with Crippen molar-refractivity contribution in [3.05, 3.63) is 41.6 Å². The van der Waals surface area contributed by atoms with Crippen LogP contribution in [0.2, 0.25) is 0 Å². The third kappa shape index (κ3) is 3.16. The first-order valence-corrected chi connectivity index (χ1v) is 8.32. The van der Waals surface area contributed by atoms with E-state index >= 15 is 0 Å². The minimum atomic E-state index is -0.178. The maximum absolute atomic E-state index is 12.7. The maximum atomic E-state index is 12.7. The number of benzene rings is 1. The Bertz CT molecular complexity index is 758. The van der Waals surface area contributed by atoms with Crippen LogP contribution in [-0.4, -0.2) is 22.8 Å². The fourth-order valence-electron chi connectivity index (χ4n) is 3.12. The molecule has 1 N–H and O–H groups in total. The molecule has 0 aliphatic heterocycles. The Morgan fingerprint density at radius 3 is 2.71 bits per heavy atom. The lowest BCUT2D eigenvalue weighted by molar-refractivity contribution is -0.117. The van der Waals surface area contributed by atoms with E-state index in [1.165, 1.54) is 0 Å². The number of amides is 1.